The van der Waals surface area contributed by atoms with E-state index in [1.165, 1.54) is 7.11 Å². The van der Waals surface area contributed by atoms with Gasteiger partial charge in [0.15, 0.2) is 12.2 Å². The number of benzene rings is 2. The lowest BCUT2D eigenvalue weighted by Crippen LogP contribution is -2.36. The van der Waals surface area contributed by atoms with E-state index < -0.39 is 35.5 Å². The number of hydrogen-bond donors (Lipinski definition) is 0. The van der Waals surface area contributed by atoms with Crippen LogP contribution in [0.3, 0.4) is 0 Å². The van der Waals surface area contributed by atoms with Gasteiger partial charge < -0.3 is 23.8 Å². The molecule has 3 heterocycles. The summed E-state index contributed by atoms with van der Waals surface area (Å²) in [6.45, 7) is 1.75. The average Bonchev–Trinajstić information content (AvgIpc) is 3.53. The van der Waals surface area contributed by atoms with Crippen LogP contribution in [-0.2, 0) is 30.3 Å². The lowest BCUT2D eigenvalue weighted by Gasteiger charge is -2.17. The number of aromatic nitrogens is 1. The summed E-state index contributed by atoms with van der Waals surface area (Å²) >= 11 is 5.98. The molecule has 0 unspecified atom stereocenters. The minimum atomic E-state index is -0.892. The first-order valence-corrected chi connectivity index (χ1v) is 11.9. The highest BCUT2D eigenvalue weighted by Gasteiger charge is 2.51. The van der Waals surface area contributed by atoms with Crippen molar-refractivity contribution in [1.82, 2.24) is 4.57 Å². The quantitative estimate of drug-likeness (QED) is 0.257. The molecule has 12 heteroatoms. The Morgan fingerprint density at radius 3 is 2.46 bits per heavy atom. The van der Waals surface area contributed by atoms with Crippen molar-refractivity contribution < 1.29 is 38.5 Å². The smallest absolute Gasteiger partial charge is 0.310 e. The molecule has 0 radical (unpaired) electrons. The summed E-state index contributed by atoms with van der Waals surface area (Å²) in [4.78, 5) is 41.8. The van der Waals surface area contributed by atoms with Crippen molar-refractivity contribution in [3.05, 3.63) is 74.4 Å². The number of halogens is 1. The zero-order valence-electron chi connectivity index (χ0n) is 19.9. The molecule has 2 saturated heterocycles. The zero-order valence-corrected chi connectivity index (χ0v) is 20.7. The van der Waals surface area contributed by atoms with Gasteiger partial charge in [-0.3, -0.25) is 14.2 Å². The van der Waals surface area contributed by atoms with Crippen molar-refractivity contribution in [1.29, 1.82) is 0 Å². The molecule has 0 spiro atoms. The Balaban J connectivity index is 1.40. The van der Waals surface area contributed by atoms with Crippen molar-refractivity contribution >= 4 is 34.4 Å². The second-order valence-corrected chi connectivity index (χ2v) is 9.20. The molecule has 0 saturated carbocycles. The van der Waals surface area contributed by atoms with Gasteiger partial charge in [0.25, 0.3) is 11.0 Å². The van der Waals surface area contributed by atoms with Crippen LogP contribution in [0.5, 0.6) is 5.75 Å². The van der Waals surface area contributed by atoms with Gasteiger partial charge in [0.2, 0.25) is 0 Å². The van der Waals surface area contributed by atoms with Gasteiger partial charge >= 0.3 is 5.97 Å². The molecule has 2 aromatic carbocycles. The predicted molar refractivity (Wildman–Crippen MR) is 129 cm³/mol. The predicted octanol–water partition coefficient (Wildman–Crippen LogP) is 3.13. The van der Waals surface area contributed by atoms with Crippen LogP contribution in [0, 0.1) is 17.0 Å². The largest absolute Gasteiger partial charge is 0.497 e. The minimum Gasteiger partial charge on any atom is -0.497 e. The molecule has 0 N–H and O–H groups in total. The van der Waals surface area contributed by atoms with Gasteiger partial charge in [-0.1, -0.05) is 11.6 Å². The maximum atomic E-state index is 13.4. The molecule has 2 fully saturated rings. The normalized spacial score (nSPS) is 22.6. The van der Waals surface area contributed by atoms with E-state index in [4.69, 9.17) is 30.5 Å². The molecule has 0 amide bonds. The maximum Gasteiger partial charge on any atom is 0.310 e. The van der Waals surface area contributed by atoms with Crippen LogP contribution in [0.1, 0.15) is 21.6 Å². The van der Waals surface area contributed by atoms with Crippen molar-refractivity contribution in [2.24, 2.45) is 0 Å². The Bertz CT molecular complexity index is 1370. The van der Waals surface area contributed by atoms with Crippen LogP contribution >= 0.6 is 11.6 Å². The molecule has 194 valence electrons. The number of fused-ring (bicyclic) bond motifs is 2. The third kappa shape index (κ3) is 4.73. The molecular formula is C25H23ClN2O9. The second kappa shape index (κ2) is 10.0. The van der Waals surface area contributed by atoms with Crippen LogP contribution in [-0.4, -0.2) is 66.3 Å². The molecule has 3 aromatic rings. The Morgan fingerprint density at radius 1 is 1.11 bits per heavy atom. The molecule has 11 nitrogen and oxygen atoms in total. The summed E-state index contributed by atoms with van der Waals surface area (Å²) in [6, 6.07) is 11.8. The fraction of sp³-hybridized carbons (Fsp3) is 0.360. The number of carbonyl (C=O) groups is 2. The van der Waals surface area contributed by atoms with E-state index in [9.17, 15) is 19.7 Å². The first-order valence-electron chi connectivity index (χ1n) is 11.5. The number of nitrogens with zero attached hydrogens (tertiary/aromatic N) is 2. The summed E-state index contributed by atoms with van der Waals surface area (Å²) in [5.74, 6) is -0.256. The fourth-order valence-electron chi connectivity index (χ4n) is 4.88. The highest BCUT2D eigenvalue weighted by Crippen LogP contribution is 2.33. The SMILES string of the molecule is COc1ccc2c(c1)c(CC(=O)O[C@H]1CO[C@H]3[C@H]1OC[C@H]3O[N+](=O)[O-])c(C)n2C(=O)c1ccc(Cl)cc1. The summed E-state index contributed by atoms with van der Waals surface area (Å²) < 4.78 is 23.7. The van der Waals surface area contributed by atoms with Crippen molar-refractivity contribution in [3.8, 4) is 5.75 Å². The van der Waals surface area contributed by atoms with Gasteiger partial charge in [-0.05, 0) is 55.0 Å². The van der Waals surface area contributed by atoms with E-state index in [0.29, 0.717) is 38.5 Å². The highest BCUT2D eigenvalue weighted by atomic mass is 35.5. The molecule has 37 heavy (non-hydrogen) atoms. The van der Waals surface area contributed by atoms with Gasteiger partial charge in [-0.15, -0.1) is 10.1 Å². The van der Waals surface area contributed by atoms with E-state index in [1.54, 1.807) is 54.0 Å². The number of rotatable bonds is 7. The van der Waals surface area contributed by atoms with E-state index in [2.05, 4.69) is 4.84 Å². The molecule has 2 aliphatic rings. The Hall–Kier alpha value is -3.67. The highest BCUT2D eigenvalue weighted by molar-refractivity contribution is 6.30. The number of methoxy groups -OCH3 is 1. The van der Waals surface area contributed by atoms with Crippen molar-refractivity contribution in [2.45, 2.75) is 37.8 Å². The van der Waals surface area contributed by atoms with Gasteiger partial charge in [0, 0.05) is 21.7 Å². The summed E-state index contributed by atoms with van der Waals surface area (Å²) in [5.41, 5.74) is 2.24. The molecule has 2 aliphatic heterocycles. The van der Waals surface area contributed by atoms with E-state index in [1.807, 2.05) is 0 Å². The molecule has 4 atom stereocenters. The molecule has 0 bridgehead atoms. The average molecular weight is 531 g/mol. The summed E-state index contributed by atoms with van der Waals surface area (Å²) in [5, 5.41) is 11.0. The van der Waals surface area contributed by atoms with Crippen LogP contribution in [0.2, 0.25) is 5.02 Å². The van der Waals surface area contributed by atoms with Crippen LogP contribution < -0.4 is 4.74 Å². The topological polar surface area (TPSA) is 128 Å². The summed E-state index contributed by atoms with van der Waals surface area (Å²) in [7, 11) is 1.53. The molecular weight excluding hydrogens is 508 g/mol. The van der Waals surface area contributed by atoms with Crippen LogP contribution in [0.4, 0.5) is 0 Å². The number of ether oxygens (including phenoxy) is 4. The standard InChI is InChI=1S/C25H23ClN2O9/c1-13-17(10-22(29)36-20-11-34-24-21(37-28(31)32)12-35-23(20)24)18-9-16(33-2)7-8-19(18)27(13)25(30)14-3-5-15(26)6-4-14/h3-9,20-21,23-24H,10-12H2,1-2H3/t20-,21+,23-,24+/m0/s1. The Labute approximate surface area is 215 Å². The van der Waals surface area contributed by atoms with E-state index in [-0.39, 0.29) is 25.5 Å². The number of hydrogen-bond acceptors (Lipinski definition) is 9. The number of carbonyl (C=O) groups excluding carboxylic acids is 2. The third-order valence-corrected chi connectivity index (χ3v) is 6.88. The van der Waals surface area contributed by atoms with Crippen molar-refractivity contribution in [2.75, 3.05) is 20.3 Å². The Morgan fingerprint density at radius 2 is 1.78 bits per heavy atom. The van der Waals surface area contributed by atoms with Gasteiger partial charge in [-0.25, -0.2) is 0 Å². The lowest BCUT2D eigenvalue weighted by molar-refractivity contribution is -0.769. The van der Waals surface area contributed by atoms with Gasteiger partial charge in [0.1, 0.15) is 18.0 Å². The monoisotopic (exact) mass is 530 g/mol. The van der Waals surface area contributed by atoms with Crippen LogP contribution in [0.25, 0.3) is 10.9 Å². The third-order valence-electron chi connectivity index (χ3n) is 6.62. The minimum absolute atomic E-state index is 0.0300. The second-order valence-electron chi connectivity index (χ2n) is 8.76. The molecule has 5 rings (SSSR count). The Kier molecular flexibility index (Phi) is 6.76. The van der Waals surface area contributed by atoms with Gasteiger partial charge in [-0.2, -0.15) is 0 Å². The molecule has 0 aliphatic carbocycles. The van der Waals surface area contributed by atoms with Gasteiger partial charge in [0.05, 0.1) is 32.3 Å². The maximum absolute atomic E-state index is 13.4. The van der Waals surface area contributed by atoms with E-state index in [0.717, 1.165) is 0 Å². The summed E-state index contributed by atoms with van der Waals surface area (Å²) in [6.07, 6.45) is -3.11. The first kappa shape index (κ1) is 25.0. The fourth-order valence-corrected chi connectivity index (χ4v) is 5.01. The lowest BCUT2D eigenvalue weighted by atomic mass is 10.1. The van der Waals surface area contributed by atoms with Crippen molar-refractivity contribution in [3.63, 3.8) is 0 Å². The van der Waals surface area contributed by atoms with E-state index >= 15 is 0 Å². The van der Waals surface area contributed by atoms with Crippen LogP contribution in [0.15, 0.2) is 42.5 Å². The number of esters is 1. The zero-order chi connectivity index (χ0) is 26.3. The first-order chi connectivity index (χ1) is 17.8. The molecule has 1 aromatic heterocycles.